The van der Waals surface area contributed by atoms with Gasteiger partial charge in [-0.15, -0.1) is 0 Å². The van der Waals surface area contributed by atoms with Gasteiger partial charge in [0.15, 0.2) is 5.78 Å². The molecule has 3 rings (SSSR count). The van der Waals surface area contributed by atoms with Crippen molar-refractivity contribution < 1.29 is 9.18 Å². The summed E-state index contributed by atoms with van der Waals surface area (Å²) in [6, 6.07) is 14.2. The summed E-state index contributed by atoms with van der Waals surface area (Å²) in [6.45, 7) is 3.59. The average Bonchev–Trinajstić information content (AvgIpc) is 2.62. The Morgan fingerprint density at radius 2 is 1.30 bits per heavy atom. The van der Waals surface area contributed by atoms with Crippen LogP contribution in [0.25, 0.3) is 0 Å². The van der Waals surface area contributed by atoms with Crippen molar-refractivity contribution in [3.05, 3.63) is 59.9 Å². The van der Waals surface area contributed by atoms with Crippen molar-refractivity contribution in [3.8, 4) is 0 Å². The highest BCUT2D eigenvalue weighted by Crippen LogP contribution is 2.21. The molecule has 1 heterocycles. The number of hydrogen-bond acceptors (Lipinski definition) is 4. The Bertz CT molecular complexity index is 662. The number of hydrogen-bond donors (Lipinski definition) is 1. The van der Waals surface area contributed by atoms with Gasteiger partial charge in [-0.1, -0.05) is 0 Å². The van der Waals surface area contributed by atoms with Crippen molar-refractivity contribution >= 4 is 17.2 Å². The van der Waals surface area contributed by atoms with Crippen molar-refractivity contribution in [2.24, 2.45) is 5.73 Å². The molecule has 0 saturated carbocycles. The number of carbonyl (C=O) groups excluding carboxylic acids is 1. The second kappa shape index (κ2) is 6.79. The molecule has 0 amide bonds. The molecule has 1 saturated heterocycles. The van der Waals surface area contributed by atoms with Gasteiger partial charge < -0.3 is 15.5 Å². The molecule has 0 atom stereocenters. The highest BCUT2D eigenvalue weighted by atomic mass is 19.1. The second-order valence-electron chi connectivity index (χ2n) is 5.62. The maximum Gasteiger partial charge on any atom is 0.176 e. The van der Waals surface area contributed by atoms with Crippen LogP contribution in [0.2, 0.25) is 0 Å². The van der Waals surface area contributed by atoms with E-state index in [-0.39, 0.29) is 18.1 Å². The first-order valence-corrected chi connectivity index (χ1v) is 7.76. The fraction of sp³-hybridized carbons (Fsp3) is 0.278. The van der Waals surface area contributed by atoms with Gasteiger partial charge in [-0.25, -0.2) is 4.39 Å². The van der Waals surface area contributed by atoms with E-state index in [0.717, 1.165) is 37.6 Å². The quantitative estimate of drug-likeness (QED) is 0.880. The van der Waals surface area contributed by atoms with Crippen LogP contribution in [0, 0.1) is 5.82 Å². The van der Waals surface area contributed by atoms with Crippen molar-refractivity contribution in [2.45, 2.75) is 0 Å². The molecule has 0 bridgehead atoms. The van der Waals surface area contributed by atoms with Gasteiger partial charge in [0.1, 0.15) is 5.82 Å². The molecule has 0 unspecified atom stereocenters. The highest BCUT2D eigenvalue weighted by Gasteiger charge is 2.17. The van der Waals surface area contributed by atoms with Gasteiger partial charge in [0, 0.05) is 43.1 Å². The summed E-state index contributed by atoms with van der Waals surface area (Å²) in [5.74, 6) is -0.253. The van der Waals surface area contributed by atoms with Crippen LogP contribution in [0.15, 0.2) is 48.5 Å². The standard InChI is InChI=1S/C18H20FN3O/c19-15-3-7-17(8-4-15)22-11-9-21(10-12-22)16-5-1-14(2-6-16)18(23)13-20/h1-8H,9-13,20H2. The Hall–Kier alpha value is -2.40. The summed E-state index contributed by atoms with van der Waals surface area (Å²) in [4.78, 5) is 16.1. The second-order valence-corrected chi connectivity index (χ2v) is 5.62. The Balaban J connectivity index is 1.62. The van der Waals surface area contributed by atoms with Gasteiger partial charge >= 0.3 is 0 Å². The molecule has 0 spiro atoms. The molecule has 2 N–H and O–H groups in total. The molecule has 120 valence electrons. The third-order valence-corrected chi connectivity index (χ3v) is 4.21. The van der Waals surface area contributed by atoms with Crippen LogP contribution >= 0.6 is 0 Å². The zero-order chi connectivity index (χ0) is 16.2. The van der Waals surface area contributed by atoms with Crippen molar-refractivity contribution in [2.75, 3.05) is 42.5 Å². The highest BCUT2D eigenvalue weighted by molar-refractivity contribution is 5.97. The summed E-state index contributed by atoms with van der Waals surface area (Å²) in [5, 5.41) is 0. The summed E-state index contributed by atoms with van der Waals surface area (Å²) >= 11 is 0. The van der Waals surface area contributed by atoms with E-state index in [0.29, 0.717) is 5.56 Å². The third-order valence-electron chi connectivity index (χ3n) is 4.21. The van der Waals surface area contributed by atoms with Crippen LogP contribution < -0.4 is 15.5 Å². The van der Waals surface area contributed by atoms with Gasteiger partial charge in [0.25, 0.3) is 0 Å². The maximum atomic E-state index is 13.0. The first-order valence-electron chi connectivity index (χ1n) is 7.76. The Morgan fingerprint density at radius 3 is 1.74 bits per heavy atom. The van der Waals surface area contributed by atoms with Gasteiger partial charge in [0.05, 0.1) is 6.54 Å². The number of nitrogens with two attached hydrogens (primary N) is 1. The monoisotopic (exact) mass is 313 g/mol. The van der Waals surface area contributed by atoms with Gasteiger partial charge in [-0.2, -0.15) is 0 Å². The molecule has 0 aromatic heterocycles. The summed E-state index contributed by atoms with van der Waals surface area (Å²) in [6.07, 6.45) is 0. The molecule has 1 aliphatic heterocycles. The molecule has 0 radical (unpaired) electrons. The first-order chi connectivity index (χ1) is 11.2. The lowest BCUT2D eigenvalue weighted by molar-refractivity contribution is 0.100. The van der Waals surface area contributed by atoms with E-state index < -0.39 is 0 Å². The largest absolute Gasteiger partial charge is 0.368 e. The van der Waals surface area contributed by atoms with Gasteiger partial charge in [0.2, 0.25) is 0 Å². The molecule has 1 aliphatic rings. The number of rotatable bonds is 4. The van der Waals surface area contributed by atoms with Gasteiger partial charge in [-0.3, -0.25) is 4.79 Å². The van der Waals surface area contributed by atoms with Crippen molar-refractivity contribution in [1.82, 2.24) is 0 Å². The number of benzene rings is 2. The van der Waals surface area contributed by atoms with Crippen LogP contribution in [-0.4, -0.2) is 38.5 Å². The predicted octanol–water partition coefficient (Wildman–Crippen LogP) is 2.29. The van der Waals surface area contributed by atoms with E-state index in [4.69, 9.17) is 5.73 Å². The van der Waals surface area contributed by atoms with Crippen LogP contribution in [0.1, 0.15) is 10.4 Å². The molecular weight excluding hydrogens is 293 g/mol. The zero-order valence-electron chi connectivity index (χ0n) is 12.9. The van der Waals surface area contributed by atoms with Crippen molar-refractivity contribution in [1.29, 1.82) is 0 Å². The molecule has 2 aromatic carbocycles. The summed E-state index contributed by atoms with van der Waals surface area (Å²) in [7, 11) is 0. The predicted molar refractivity (Wildman–Crippen MR) is 90.7 cm³/mol. The number of piperazine rings is 1. The lowest BCUT2D eigenvalue weighted by Crippen LogP contribution is -2.46. The lowest BCUT2D eigenvalue weighted by atomic mass is 10.1. The fourth-order valence-corrected chi connectivity index (χ4v) is 2.85. The Kier molecular flexibility index (Phi) is 4.57. The van der Waals surface area contributed by atoms with Crippen LogP contribution in [0.3, 0.4) is 0 Å². The van der Waals surface area contributed by atoms with Crippen LogP contribution in [-0.2, 0) is 0 Å². The first kappa shape index (κ1) is 15.5. The number of carbonyl (C=O) groups is 1. The van der Waals surface area contributed by atoms with Crippen molar-refractivity contribution in [3.63, 3.8) is 0 Å². The van der Waals surface area contributed by atoms with E-state index in [1.54, 1.807) is 0 Å². The molecule has 0 aliphatic carbocycles. The fourth-order valence-electron chi connectivity index (χ4n) is 2.85. The van der Waals surface area contributed by atoms with E-state index in [2.05, 4.69) is 9.80 Å². The van der Waals surface area contributed by atoms with Gasteiger partial charge in [-0.05, 0) is 48.5 Å². The minimum atomic E-state index is -0.209. The van der Waals surface area contributed by atoms with E-state index >= 15 is 0 Å². The lowest BCUT2D eigenvalue weighted by Gasteiger charge is -2.37. The summed E-state index contributed by atoms with van der Waals surface area (Å²) in [5.41, 5.74) is 8.19. The third kappa shape index (κ3) is 3.51. The molecular formula is C18H20FN3O. The normalized spacial score (nSPS) is 14.9. The molecule has 5 heteroatoms. The number of ketones is 1. The number of nitrogens with zero attached hydrogens (tertiary/aromatic N) is 2. The number of Topliss-reactive ketones (excluding diaryl/α,β-unsaturated/α-hetero) is 1. The minimum Gasteiger partial charge on any atom is -0.368 e. The van der Waals surface area contributed by atoms with E-state index in [1.807, 2.05) is 36.4 Å². The Morgan fingerprint density at radius 1 is 0.870 bits per heavy atom. The molecule has 23 heavy (non-hydrogen) atoms. The van der Waals surface area contributed by atoms with Crippen LogP contribution in [0.4, 0.5) is 15.8 Å². The minimum absolute atomic E-state index is 0.0374. The molecule has 2 aromatic rings. The Labute approximate surface area is 135 Å². The zero-order valence-corrected chi connectivity index (χ0v) is 12.9. The average molecular weight is 313 g/mol. The van der Waals surface area contributed by atoms with E-state index in [9.17, 15) is 9.18 Å². The topological polar surface area (TPSA) is 49.6 Å². The number of halogens is 1. The molecule has 1 fully saturated rings. The molecule has 4 nitrogen and oxygen atoms in total. The number of anilines is 2. The SMILES string of the molecule is NCC(=O)c1ccc(N2CCN(c3ccc(F)cc3)CC2)cc1. The van der Waals surface area contributed by atoms with Crippen LogP contribution in [0.5, 0.6) is 0 Å². The maximum absolute atomic E-state index is 13.0. The smallest absolute Gasteiger partial charge is 0.176 e. The summed E-state index contributed by atoms with van der Waals surface area (Å²) < 4.78 is 13.0. The van der Waals surface area contributed by atoms with E-state index in [1.165, 1.54) is 12.1 Å².